The average Bonchev–Trinajstić information content (AvgIpc) is 3.66. The van der Waals surface area contributed by atoms with Crippen LogP contribution in [0.3, 0.4) is 0 Å². The Morgan fingerprint density at radius 3 is 1.77 bits per heavy atom. The molecular formula is C29H34N6. The summed E-state index contributed by atoms with van der Waals surface area (Å²) in [5.41, 5.74) is 8.19. The highest BCUT2D eigenvalue weighted by Crippen LogP contribution is 2.32. The summed E-state index contributed by atoms with van der Waals surface area (Å²) in [6.07, 6.45) is 8.60. The second kappa shape index (κ2) is 9.10. The molecule has 0 unspecified atom stereocenters. The third-order valence-electron chi connectivity index (χ3n) is 7.65. The van der Waals surface area contributed by atoms with Crippen LogP contribution in [-0.4, -0.2) is 32.0 Å². The van der Waals surface area contributed by atoms with Crippen molar-refractivity contribution in [2.45, 2.75) is 70.6 Å². The summed E-state index contributed by atoms with van der Waals surface area (Å²) in [7, 11) is 0. The molecule has 35 heavy (non-hydrogen) atoms. The molecule has 6 rings (SSSR count). The number of H-pyrrole nitrogens is 2. The van der Waals surface area contributed by atoms with Crippen LogP contribution in [0.1, 0.15) is 68.8 Å². The third-order valence-corrected chi connectivity index (χ3v) is 7.65. The number of aromatic nitrogens is 4. The normalized spacial score (nSPS) is 24.3. The lowest BCUT2D eigenvalue weighted by molar-refractivity contribution is 0.564. The molecule has 2 aliphatic rings. The van der Waals surface area contributed by atoms with Crippen molar-refractivity contribution in [1.29, 1.82) is 0 Å². The maximum absolute atomic E-state index is 4.67. The van der Waals surface area contributed by atoms with Crippen molar-refractivity contribution in [2.24, 2.45) is 0 Å². The molecule has 2 aliphatic heterocycles. The first-order valence-electron chi connectivity index (χ1n) is 12.9. The zero-order valence-electron chi connectivity index (χ0n) is 20.7. The minimum atomic E-state index is 0.334. The number of aryl methyl sites for hydroxylation is 1. The van der Waals surface area contributed by atoms with Crippen molar-refractivity contribution in [3.63, 3.8) is 0 Å². The molecule has 4 aromatic rings. The fourth-order valence-corrected chi connectivity index (χ4v) is 5.58. The van der Waals surface area contributed by atoms with Gasteiger partial charge < -0.3 is 20.6 Å². The van der Waals surface area contributed by atoms with E-state index in [0.29, 0.717) is 24.2 Å². The van der Waals surface area contributed by atoms with E-state index in [0.717, 1.165) is 41.4 Å². The Balaban J connectivity index is 1.18. The van der Waals surface area contributed by atoms with Gasteiger partial charge in [-0.25, -0.2) is 9.97 Å². The van der Waals surface area contributed by atoms with E-state index in [1.165, 1.54) is 35.1 Å². The van der Waals surface area contributed by atoms with Crippen molar-refractivity contribution >= 4 is 0 Å². The number of hydrogen-bond donors (Lipinski definition) is 4. The second-order valence-corrected chi connectivity index (χ2v) is 10.4. The third kappa shape index (κ3) is 4.44. The molecule has 2 aromatic carbocycles. The van der Waals surface area contributed by atoms with Crippen molar-refractivity contribution in [3.8, 4) is 33.6 Å². The van der Waals surface area contributed by atoms with Gasteiger partial charge in [0.25, 0.3) is 0 Å². The van der Waals surface area contributed by atoms with Gasteiger partial charge in [-0.2, -0.15) is 0 Å². The smallest absolute Gasteiger partial charge is 0.123 e. The summed E-state index contributed by atoms with van der Waals surface area (Å²) in [5.74, 6) is 2.09. The molecule has 4 atom stereocenters. The summed E-state index contributed by atoms with van der Waals surface area (Å²) in [4.78, 5) is 16.4. The molecule has 2 saturated heterocycles. The average molecular weight is 467 g/mol. The van der Waals surface area contributed by atoms with E-state index in [9.17, 15) is 0 Å². The fraction of sp³-hybridized carbons (Fsp3) is 0.379. The van der Waals surface area contributed by atoms with E-state index in [-0.39, 0.29) is 0 Å². The lowest BCUT2D eigenvalue weighted by atomic mass is 9.97. The number of aromatic amines is 2. The van der Waals surface area contributed by atoms with E-state index in [2.05, 4.69) is 93.8 Å². The summed E-state index contributed by atoms with van der Waals surface area (Å²) in [6, 6.07) is 17.2. The number of nitrogens with one attached hydrogen (secondary N) is 4. The van der Waals surface area contributed by atoms with Crippen molar-refractivity contribution in [1.82, 2.24) is 30.6 Å². The predicted octanol–water partition coefficient (Wildman–Crippen LogP) is 6.07. The van der Waals surface area contributed by atoms with Crippen molar-refractivity contribution < 1.29 is 0 Å². The molecule has 180 valence electrons. The SMILES string of the molecule is Cc1cc(-c2ccc(-c3cnc([C@@H]4CC[C@H](C)N4)[nH]3)cc2)ccc1-c1cnc([C@@H]2CC[C@H](C)N2)[nH]1. The molecule has 0 aliphatic carbocycles. The highest BCUT2D eigenvalue weighted by Gasteiger charge is 2.25. The Morgan fingerprint density at radius 2 is 1.20 bits per heavy atom. The summed E-state index contributed by atoms with van der Waals surface area (Å²) < 4.78 is 0. The van der Waals surface area contributed by atoms with Gasteiger partial charge in [-0.3, -0.25) is 0 Å². The van der Waals surface area contributed by atoms with Gasteiger partial charge in [-0.1, -0.05) is 42.5 Å². The zero-order chi connectivity index (χ0) is 23.9. The number of nitrogens with zero attached hydrogens (tertiary/aromatic N) is 2. The Labute approximate surface area is 207 Å². The largest absolute Gasteiger partial charge is 0.341 e. The van der Waals surface area contributed by atoms with Gasteiger partial charge in [-0.15, -0.1) is 0 Å². The Kier molecular flexibility index (Phi) is 5.78. The minimum absolute atomic E-state index is 0.334. The first-order chi connectivity index (χ1) is 17.0. The van der Waals surface area contributed by atoms with Crippen LogP contribution in [0.15, 0.2) is 54.9 Å². The van der Waals surface area contributed by atoms with E-state index < -0.39 is 0 Å². The molecule has 2 aromatic heterocycles. The molecule has 0 bridgehead atoms. The van der Waals surface area contributed by atoms with Gasteiger partial charge >= 0.3 is 0 Å². The molecule has 0 spiro atoms. The first-order valence-corrected chi connectivity index (χ1v) is 12.9. The number of benzene rings is 2. The Morgan fingerprint density at radius 1 is 0.657 bits per heavy atom. The van der Waals surface area contributed by atoms with Gasteiger partial charge in [-0.05, 0) is 68.7 Å². The Hall–Kier alpha value is -3.22. The lowest BCUT2D eigenvalue weighted by Crippen LogP contribution is -2.21. The monoisotopic (exact) mass is 466 g/mol. The van der Waals surface area contributed by atoms with E-state index in [4.69, 9.17) is 0 Å². The first kappa shape index (κ1) is 22.3. The van der Waals surface area contributed by atoms with Gasteiger partial charge in [0.2, 0.25) is 0 Å². The zero-order valence-corrected chi connectivity index (χ0v) is 20.7. The van der Waals surface area contributed by atoms with Gasteiger partial charge in [0.1, 0.15) is 11.6 Å². The molecule has 0 amide bonds. The number of hydrogen-bond acceptors (Lipinski definition) is 4. The van der Waals surface area contributed by atoms with Crippen LogP contribution in [0.25, 0.3) is 33.6 Å². The van der Waals surface area contributed by atoms with Gasteiger partial charge in [0.05, 0.1) is 35.9 Å². The van der Waals surface area contributed by atoms with Crippen LogP contribution in [0.2, 0.25) is 0 Å². The molecule has 4 heterocycles. The van der Waals surface area contributed by atoms with Crippen molar-refractivity contribution in [3.05, 3.63) is 72.1 Å². The molecule has 4 N–H and O–H groups in total. The standard InChI is InChI=1S/C29H34N6/c1-17-14-22(10-11-23(17)27-16-31-29(35-27)25-13-5-19(3)33-25)20-6-8-21(9-7-20)26-15-30-28(34-26)24-12-4-18(2)32-24/h6-11,14-16,18-19,24-25,32-33H,4-5,12-13H2,1-3H3,(H,30,34)(H,31,35)/t18-,19-,24-,25-/m0/s1. The highest BCUT2D eigenvalue weighted by molar-refractivity contribution is 5.73. The molecule has 2 fully saturated rings. The molecular weight excluding hydrogens is 432 g/mol. The van der Waals surface area contributed by atoms with Crippen LogP contribution < -0.4 is 10.6 Å². The summed E-state index contributed by atoms with van der Waals surface area (Å²) in [6.45, 7) is 6.64. The quantitative estimate of drug-likeness (QED) is 0.288. The van der Waals surface area contributed by atoms with Crippen LogP contribution in [0, 0.1) is 6.92 Å². The molecule has 0 saturated carbocycles. The number of rotatable bonds is 5. The predicted molar refractivity (Wildman–Crippen MR) is 141 cm³/mol. The maximum Gasteiger partial charge on any atom is 0.123 e. The van der Waals surface area contributed by atoms with Crippen LogP contribution in [0.4, 0.5) is 0 Å². The molecule has 6 heteroatoms. The Bertz CT molecular complexity index is 1320. The van der Waals surface area contributed by atoms with Crippen LogP contribution in [-0.2, 0) is 0 Å². The van der Waals surface area contributed by atoms with Crippen LogP contribution >= 0.6 is 0 Å². The van der Waals surface area contributed by atoms with E-state index >= 15 is 0 Å². The fourth-order valence-electron chi connectivity index (χ4n) is 5.58. The van der Waals surface area contributed by atoms with Crippen molar-refractivity contribution in [2.75, 3.05) is 0 Å². The van der Waals surface area contributed by atoms with Crippen LogP contribution in [0.5, 0.6) is 0 Å². The molecule has 0 radical (unpaired) electrons. The lowest BCUT2D eigenvalue weighted by Gasteiger charge is -2.10. The number of imidazole rings is 2. The van der Waals surface area contributed by atoms with E-state index in [1.807, 2.05) is 12.4 Å². The summed E-state index contributed by atoms with van der Waals surface area (Å²) >= 11 is 0. The van der Waals surface area contributed by atoms with Gasteiger partial charge in [0, 0.05) is 17.6 Å². The van der Waals surface area contributed by atoms with E-state index in [1.54, 1.807) is 0 Å². The minimum Gasteiger partial charge on any atom is -0.341 e. The topological polar surface area (TPSA) is 81.4 Å². The maximum atomic E-state index is 4.67. The van der Waals surface area contributed by atoms with Gasteiger partial charge in [0.15, 0.2) is 0 Å². The second-order valence-electron chi connectivity index (χ2n) is 10.4. The summed E-state index contributed by atoms with van der Waals surface area (Å²) in [5, 5.41) is 7.21. The molecule has 6 nitrogen and oxygen atoms in total. The highest BCUT2D eigenvalue weighted by atomic mass is 15.1.